The summed E-state index contributed by atoms with van der Waals surface area (Å²) in [5, 5.41) is 2.65. The fraction of sp³-hybridized carbons (Fsp3) is 0.350. The third-order valence-electron chi connectivity index (χ3n) is 4.70. The predicted molar refractivity (Wildman–Crippen MR) is 95.7 cm³/mol. The largest absolute Gasteiger partial charge is 0.459 e. The van der Waals surface area contributed by atoms with E-state index in [4.69, 9.17) is 4.42 Å². The minimum Gasteiger partial charge on any atom is -0.459 e. The molecule has 2 amide bonds. The highest BCUT2D eigenvalue weighted by atomic mass is 16.3. The Hall–Kier alpha value is -2.89. The van der Waals surface area contributed by atoms with Gasteiger partial charge in [0.25, 0.3) is 5.91 Å². The standard InChI is InChI=1S/C20H22N2O4/c1-14(21-19(24)17-8-5-13-26-17)20(25)22-11-9-16(10-12-22)18(23)15-6-3-2-4-7-15/h2-8,13-14,16H,9-12H2,1H3,(H,21,24). The molecule has 1 aromatic carbocycles. The molecule has 1 atom stereocenters. The number of likely N-dealkylation sites (tertiary alicyclic amines) is 1. The minimum atomic E-state index is -0.644. The molecule has 6 nitrogen and oxygen atoms in total. The molecule has 0 aliphatic carbocycles. The van der Waals surface area contributed by atoms with Crippen LogP contribution in [0.15, 0.2) is 53.1 Å². The fourth-order valence-electron chi connectivity index (χ4n) is 3.21. The van der Waals surface area contributed by atoms with E-state index in [9.17, 15) is 14.4 Å². The number of nitrogens with zero attached hydrogens (tertiary/aromatic N) is 1. The number of piperidine rings is 1. The molecule has 2 aromatic rings. The van der Waals surface area contributed by atoms with Crippen molar-refractivity contribution in [3.63, 3.8) is 0 Å². The Kier molecular flexibility index (Phi) is 5.51. The molecule has 1 aromatic heterocycles. The number of benzene rings is 1. The van der Waals surface area contributed by atoms with Crippen molar-refractivity contribution in [2.45, 2.75) is 25.8 Å². The van der Waals surface area contributed by atoms with Gasteiger partial charge in [-0.05, 0) is 31.9 Å². The molecule has 3 rings (SSSR count). The lowest BCUT2D eigenvalue weighted by atomic mass is 9.88. The molecule has 0 saturated carbocycles. The maximum Gasteiger partial charge on any atom is 0.287 e. The SMILES string of the molecule is CC(NC(=O)c1ccco1)C(=O)N1CCC(C(=O)c2ccccc2)CC1. The van der Waals surface area contributed by atoms with Crippen LogP contribution in [0.5, 0.6) is 0 Å². The van der Waals surface area contributed by atoms with E-state index in [0.717, 1.165) is 5.56 Å². The monoisotopic (exact) mass is 354 g/mol. The van der Waals surface area contributed by atoms with Crippen molar-refractivity contribution >= 4 is 17.6 Å². The second-order valence-corrected chi connectivity index (χ2v) is 6.50. The third kappa shape index (κ3) is 4.02. The first-order valence-electron chi connectivity index (χ1n) is 8.78. The van der Waals surface area contributed by atoms with Crippen LogP contribution in [0.1, 0.15) is 40.7 Å². The van der Waals surface area contributed by atoms with Crippen molar-refractivity contribution in [2.75, 3.05) is 13.1 Å². The van der Waals surface area contributed by atoms with E-state index in [1.807, 2.05) is 30.3 Å². The molecule has 0 spiro atoms. The van der Waals surface area contributed by atoms with E-state index in [1.165, 1.54) is 6.26 Å². The lowest BCUT2D eigenvalue weighted by Crippen LogP contribution is -2.49. The van der Waals surface area contributed by atoms with E-state index in [1.54, 1.807) is 24.0 Å². The first-order chi connectivity index (χ1) is 12.6. The molecule has 0 bridgehead atoms. The molecule has 1 unspecified atom stereocenters. The summed E-state index contributed by atoms with van der Waals surface area (Å²) in [5.41, 5.74) is 0.719. The highest BCUT2D eigenvalue weighted by Gasteiger charge is 2.30. The summed E-state index contributed by atoms with van der Waals surface area (Å²) in [4.78, 5) is 38.8. The van der Waals surface area contributed by atoms with Crippen molar-refractivity contribution < 1.29 is 18.8 Å². The van der Waals surface area contributed by atoms with E-state index in [2.05, 4.69) is 5.32 Å². The van der Waals surface area contributed by atoms with Crippen molar-refractivity contribution in [2.24, 2.45) is 5.92 Å². The second-order valence-electron chi connectivity index (χ2n) is 6.50. The molecule has 0 radical (unpaired) electrons. The Bertz CT molecular complexity index is 762. The Morgan fingerprint density at radius 1 is 1.08 bits per heavy atom. The number of hydrogen-bond acceptors (Lipinski definition) is 4. The zero-order valence-electron chi connectivity index (χ0n) is 14.7. The first-order valence-corrected chi connectivity index (χ1v) is 8.78. The van der Waals surface area contributed by atoms with Gasteiger partial charge in [0, 0.05) is 24.6 Å². The summed E-state index contributed by atoms with van der Waals surface area (Å²) in [6, 6.07) is 11.8. The Morgan fingerprint density at radius 3 is 2.38 bits per heavy atom. The van der Waals surface area contributed by atoms with Crippen molar-refractivity contribution in [3.05, 3.63) is 60.1 Å². The Labute approximate surface area is 152 Å². The molecule has 6 heteroatoms. The predicted octanol–water partition coefficient (Wildman–Crippen LogP) is 2.52. The Morgan fingerprint density at radius 2 is 1.77 bits per heavy atom. The van der Waals surface area contributed by atoms with Crippen LogP contribution in [0.4, 0.5) is 0 Å². The lowest BCUT2D eigenvalue weighted by Gasteiger charge is -2.33. The molecule has 1 aliphatic heterocycles. The van der Waals surface area contributed by atoms with E-state index < -0.39 is 11.9 Å². The van der Waals surface area contributed by atoms with Crippen LogP contribution in [-0.4, -0.2) is 41.6 Å². The highest BCUT2D eigenvalue weighted by molar-refractivity contribution is 5.98. The number of ketones is 1. The molecule has 1 saturated heterocycles. The molecule has 2 heterocycles. The van der Waals surface area contributed by atoms with Gasteiger partial charge >= 0.3 is 0 Å². The summed E-state index contributed by atoms with van der Waals surface area (Å²) in [7, 11) is 0. The van der Waals surface area contributed by atoms with Gasteiger partial charge in [0.05, 0.1) is 6.26 Å². The zero-order chi connectivity index (χ0) is 18.5. The van der Waals surface area contributed by atoms with Gasteiger partial charge in [-0.15, -0.1) is 0 Å². The van der Waals surface area contributed by atoms with Crippen molar-refractivity contribution in [1.29, 1.82) is 0 Å². The van der Waals surface area contributed by atoms with Crippen LogP contribution in [0, 0.1) is 5.92 Å². The lowest BCUT2D eigenvalue weighted by molar-refractivity contribution is -0.134. The van der Waals surface area contributed by atoms with Gasteiger partial charge in [-0.1, -0.05) is 30.3 Å². The number of Topliss-reactive ketones (excluding diaryl/α,β-unsaturated/α-hetero) is 1. The minimum absolute atomic E-state index is 0.0607. The van der Waals surface area contributed by atoms with Crippen LogP contribution in [-0.2, 0) is 4.79 Å². The van der Waals surface area contributed by atoms with Gasteiger partial charge in [0.1, 0.15) is 6.04 Å². The van der Waals surface area contributed by atoms with Crippen LogP contribution < -0.4 is 5.32 Å². The highest BCUT2D eigenvalue weighted by Crippen LogP contribution is 2.22. The topological polar surface area (TPSA) is 79.6 Å². The molecule has 1 aliphatic rings. The van der Waals surface area contributed by atoms with Crippen LogP contribution in [0.3, 0.4) is 0 Å². The summed E-state index contributed by atoms with van der Waals surface area (Å²) in [6.07, 6.45) is 2.69. The summed E-state index contributed by atoms with van der Waals surface area (Å²) >= 11 is 0. The van der Waals surface area contributed by atoms with E-state index in [0.29, 0.717) is 25.9 Å². The Balaban J connectivity index is 1.51. The number of amides is 2. The first kappa shape index (κ1) is 17.9. The van der Waals surface area contributed by atoms with Crippen molar-refractivity contribution in [1.82, 2.24) is 10.2 Å². The molecule has 136 valence electrons. The van der Waals surface area contributed by atoms with Gasteiger partial charge in [0.2, 0.25) is 5.91 Å². The quantitative estimate of drug-likeness (QED) is 0.837. The van der Waals surface area contributed by atoms with Crippen LogP contribution >= 0.6 is 0 Å². The maximum absolute atomic E-state index is 12.5. The molecule has 1 fully saturated rings. The third-order valence-corrected chi connectivity index (χ3v) is 4.70. The van der Waals surface area contributed by atoms with Crippen molar-refractivity contribution in [3.8, 4) is 0 Å². The number of furan rings is 1. The summed E-state index contributed by atoms with van der Waals surface area (Å²) in [6.45, 7) is 2.69. The van der Waals surface area contributed by atoms with Crippen LogP contribution in [0.2, 0.25) is 0 Å². The molecular weight excluding hydrogens is 332 g/mol. The van der Waals surface area contributed by atoms with E-state index in [-0.39, 0.29) is 23.4 Å². The summed E-state index contributed by atoms with van der Waals surface area (Å²) in [5.74, 6) is -0.302. The smallest absolute Gasteiger partial charge is 0.287 e. The second kappa shape index (κ2) is 7.99. The van der Waals surface area contributed by atoms with Gasteiger partial charge in [-0.25, -0.2) is 0 Å². The maximum atomic E-state index is 12.5. The average molecular weight is 354 g/mol. The van der Waals surface area contributed by atoms with E-state index >= 15 is 0 Å². The number of nitrogens with one attached hydrogen (secondary N) is 1. The van der Waals surface area contributed by atoms with Gasteiger partial charge < -0.3 is 14.6 Å². The zero-order valence-corrected chi connectivity index (χ0v) is 14.7. The average Bonchev–Trinajstić information content (AvgIpc) is 3.22. The number of hydrogen-bond donors (Lipinski definition) is 1. The number of carbonyl (C=O) groups excluding carboxylic acids is 3. The summed E-state index contributed by atoms with van der Waals surface area (Å²) < 4.78 is 5.03. The van der Waals surface area contributed by atoms with Gasteiger partial charge in [0.15, 0.2) is 11.5 Å². The molecule has 26 heavy (non-hydrogen) atoms. The normalized spacial score (nSPS) is 16.1. The number of rotatable bonds is 5. The number of carbonyl (C=O) groups is 3. The van der Waals surface area contributed by atoms with Gasteiger partial charge in [-0.3, -0.25) is 14.4 Å². The van der Waals surface area contributed by atoms with Crippen LogP contribution in [0.25, 0.3) is 0 Å². The molecular formula is C20H22N2O4. The van der Waals surface area contributed by atoms with Gasteiger partial charge in [-0.2, -0.15) is 0 Å². The fourth-order valence-corrected chi connectivity index (χ4v) is 3.21. The molecule has 1 N–H and O–H groups in total.